The average Bonchev–Trinajstić information content (AvgIpc) is 3.13. The zero-order valence-electron chi connectivity index (χ0n) is 9.97. The molecule has 1 fully saturated rings. The number of halogens is 3. The second-order valence-electron chi connectivity index (χ2n) is 4.38. The van der Waals surface area contributed by atoms with E-state index in [0.717, 1.165) is 12.8 Å². The molecule has 0 aliphatic heterocycles. The van der Waals surface area contributed by atoms with E-state index >= 15 is 0 Å². The molecule has 108 valence electrons. The van der Waals surface area contributed by atoms with Crippen LogP contribution in [0.1, 0.15) is 12.8 Å². The van der Waals surface area contributed by atoms with E-state index in [1.807, 2.05) is 0 Å². The van der Waals surface area contributed by atoms with Crippen LogP contribution in [0.3, 0.4) is 0 Å². The van der Waals surface area contributed by atoms with E-state index in [0.29, 0.717) is 10.9 Å². The van der Waals surface area contributed by atoms with Crippen molar-refractivity contribution in [1.82, 2.24) is 4.72 Å². The number of nitrogens with two attached hydrogens (primary N) is 1. The van der Waals surface area contributed by atoms with E-state index in [-0.39, 0.29) is 34.9 Å². The zero-order chi connectivity index (χ0) is 13.3. The van der Waals surface area contributed by atoms with Gasteiger partial charge in [-0.15, -0.1) is 12.4 Å². The standard InChI is InChI=1S/C11H14Cl2N2O2S.ClH/c12-8-3-4-9(13)11(5-8)18(16,17)15-10(6-14)7-1-2-7;/h3-5,7,10,15H,1-2,6,14H2;1H. The maximum atomic E-state index is 12.2. The highest BCUT2D eigenvalue weighted by Gasteiger charge is 2.33. The molecule has 0 aromatic heterocycles. The quantitative estimate of drug-likeness (QED) is 0.861. The van der Waals surface area contributed by atoms with Gasteiger partial charge in [-0.25, -0.2) is 13.1 Å². The van der Waals surface area contributed by atoms with Crippen molar-refractivity contribution >= 4 is 45.6 Å². The minimum atomic E-state index is -3.68. The van der Waals surface area contributed by atoms with Gasteiger partial charge >= 0.3 is 0 Å². The van der Waals surface area contributed by atoms with Crippen LogP contribution in [0, 0.1) is 5.92 Å². The van der Waals surface area contributed by atoms with Gasteiger partial charge in [0.25, 0.3) is 0 Å². The molecular formula is C11H15Cl3N2O2S. The molecule has 19 heavy (non-hydrogen) atoms. The molecule has 1 aromatic rings. The highest BCUT2D eigenvalue weighted by molar-refractivity contribution is 7.89. The van der Waals surface area contributed by atoms with Crippen LogP contribution in [0.15, 0.2) is 23.1 Å². The van der Waals surface area contributed by atoms with Gasteiger partial charge in [0, 0.05) is 17.6 Å². The van der Waals surface area contributed by atoms with Gasteiger partial charge in [0.05, 0.1) is 5.02 Å². The molecule has 1 aliphatic rings. The number of benzene rings is 1. The lowest BCUT2D eigenvalue weighted by Gasteiger charge is -2.16. The molecule has 0 amide bonds. The molecule has 0 radical (unpaired) electrons. The topological polar surface area (TPSA) is 72.2 Å². The minimum absolute atomic E-state index is 0. The lowest BCUT2D eigenvalue weighted by Crippen LogP contribution is -2.41. The van der Waals surface area contributed by atoms with E-state index in [1.54, 1.807) is 6.07 Å². The molecule has 1 aliphatic carbocycles. The largest absolute Gasteiger partial charge is 0.329 e. The third-order valence-corrected chi connectivity index (χ3v) is 5.14. The molecule has 4 nitrogen and oxygen atoms in total. The number of nitrogens with one attached hydrogen (secondary N) is 1. The maximum Gasteiger partial charge on any atom is 0.242 e. The normalized spacial score (nSPS) is 16.8. The first kappa shape index (κ1) is 17.0. The molecule has 0 heterocycles. The van der Waals surface area contributed by atoms with Gasteiger partial charge in [0.1, 0.15) is 4.90 Å². The molecule has 0 saturated heterocycles. The third kappa shape index (κ3) is 4.21. The van der Waals surface area contributed by atoms with E-state index in [4.69, 9.17) is 28.9 Å². The Morgan fingerprint density at radius 2 is 2.00 bits per heavy atom. The summed E-state index contributed by atoms with van der Waals surface area (Å²) in [5.74, 6) is 0.336. The molecule has 1 saturated carbocycles. The summed E-state index contributed by atoms with van der Waals surface area (Å²) in [4.78, 5) is -0.00392. The Bertz CT molecular complexity index is 547. The minimum Gasteiger partial charge on any atom is -0.329 e. The predicted molar refractivity (Wildman–Crippen MR) is 79.6 cm³/mol. The summed E-state index contributed by atoms with van der Waals surface area (Å²) >= 11 is 11.7. The van der Waals surface area contributed by atoms with Crippen molar-refractivity contribution in [3.05, 3.63) is 28.2 Å². The lowest BCUT2D eigenvalue weighted by molar-refractivity contribution is 0.519. The second kappa shape index (κ2) is 6.61. The van der Waals surface area contributed by atoms with Crippen molar-refractivity contribution in [1.29, 1.82) is 0 Å². The van der Waals surface area contributed by atoms with Gasteiger partial charge in [0.15, 0.2) is 0 Å². The van der Waals surface area contributed by atoms with Crippen LogP contribution < -0.4 is 10.5 Å². The molecule has 3 N–H and O–H groups in total. The van der Waals surface area contributed by atoms with E-state index in [9.17, 15) is 8.42 Å². The number of sulfonamides is 1. The number of hydrogen-bond donors (Lipinski definition) is 2. The molecule has 1 unspecified atom stereocenters. The van der Waals surface area contributed by atoms with Gasteiger partial charge in [-0.2, -0.15) is 0 Å². The zero-order valence-corrected chi connectivity index (χ0v) is 13.1. The Hall–Kier alpha value is -0.0400. The van der Waals surface area contributed by atoms with Crippen LogP contribution in [0.4, 0.5) is 0 Å². The van der Waals surface area contributed by atoms with Gasteiger partial charge in [-0.05, 0) is 37.0 Å². The van der Waals surface area contributed by atoms with Gasteiger partial charge in [0.2, 0.25) is 10.0 Å². The summed E-state index contributed by atoms with van der Waals surface area (Å²) in [5.41, 5.74) is 5.58. The van der Waals surface area contributed by atoms with Crippen molar-refractivity contribution in [3.63, 3.8) is 0 Å². The fraction of sp³-hybridized carbons (Fsp3) is 0.455. The highest BCUT2D eigenvalue weighted by Crippen LogP contribution is 2.33. The van der Waals surface area contributed by atoms with E-state index in [1.165, 1.54) is 12.1 Å². The van der Waals surface area contributed by atoms with Crippen LogP contribution in [0.25, 0.3) is 0 Å². The Balaban J connectivity index is 0.00000180. The summed E-state index contributed by atoms with van der Waals surface area (Å²) in [6, 6.07) is 4.12. The summed E-state index contributed by atoms with van der Waals surface area (Å²) in [6.07, 6.45) is 2.02. The monoisotopic (exact) mass is 344 g/mol. The van der Waals surface area contributed by atoms with E-state index < -0.39 is 10.0 Å². The summed E-state index contributed by atoms with van der Waals surface area (Å²) in [5, 5.41) is 0.481. The highest BCUT2D eigenvalue weighted by atomic mass is 35.5. The Labute approximate surface area is 129 Å². The first-order chi connectivity index (χ1) is 8.44. The first-order valence-electron chi connectivity index (χ1n) is 5.61. The molecule has 0 bridgehead atoms. The van der Waals surface area contributed by atoms with Crippen LogP contribution >= 0.6 is 35.6 Å². The summed E-state index contributed by atoms with van der Waals surface area (Å²) in [6.45, 7) is 0.280. The second-order valence-corrected chi connectivity index (χ2v) is 6.90. The molecule has 0 spiro atoms. The van der Waals surface area contributed by atoms with Crippen molar-refractivity contribution < 1.29 is 8.42 Å². The number of hydrogen-bond acceptors (Lipinski definition) is 3. The molecule has 2 rings (SSSR count). The molecule has 1 atom stereocenters. The fourth-order valence-corrected chi connectivity index (χ4v) is 3.86. The average molecular weight is 346 g/mol. The van der Waals surface area contributed by atoms with Crippen molar-refractivity contribution in [2.45, 2.75) is 23.8 Å². The maximum absolute atomic E-state index is 12.2. The van der Waals surface area contributed by atoms with Crippen molar-refractivity contribution in [2.75, 3.05) is 6.54 Å². The van der Waals surface area contributed by atoms with Gasteiger partial charge in [-0.3, -0.25) is 0 Å². The van der Waals surface area contributed by atoms with Gasteiger partial charge in [-0.1, -0.05) is 23.2 Å². The summed E-state index contributed by atoms with van der Waals surface area (Å²) < 4.78 is 27.0. The predicted octanol–water partition coefficient (Wildman–Crippen LogP) is 2.43. The van der Waals surface area contributed by atoms with Crippen molar-refractivity contribution in [2.24, 2.45) is 11.7 Å². The molecular weight excluding hydrogens is 331 g/mol. The molecule has 8 heteroatoms. The first-order valence-corrected chi connectivity index (χ1v) is 7.85. The van der Waals surface area contributed by atoms with E-state index in [2.05, 4.69) is 4.72 Å². The third-order valence-electron chi connectivity index (χ3n) is 2.93. The van der Waals surface area contributed by atoms with Crippen LogP contribution in [-0.2, 0) is 10.0 Å². The van der Waals surface area contributed by atoms with Crippen LogP contribution in [-0.4, -0.2) is 21.0 Å². The Morgan fingerprint density at radius 3 is 2.53 bits per heavy atom. The van der Waals surface area contributed by atoms with Crippen molar-refractivity contribution in [3.8, 4) is 0 Å². The fourth-order valence-electron chi connectivity index (χ4n) is 1.78. The Morgan fingerprint density at radius 1 is 1.37 bits per heavy atom. The van der Waals surface area contributed by atoms with Crippen LogP contribution in [0.2, 0.25) is 10.0 Å². The lowest BCUT2D eigenvalue weighted by atomic mass is 10.2. The number of rotatable bonds is 5. The Kier molecular flexibility index (Phi) is 5.92. The SMILES string of the molecule is Cl.NCC(NS(=O)(=O)c1cc(Cl)ccc1Cl)C1CC1. The van der Waals surface area contributed by atoms with Crippen LogP contribution in [0.5, 0.6) is 0 Å². The van der Waals surface area contributed by atoms with Gasteiger partial charge < -0.3 is 5.73 Å². The summed E-state index contributed by atoms with van der Waals surface area (Å²) in [7, 11) is -3.68. The molecule has 1 aromatic carbocycles. The smallest absolute Gasteiger partial charge is 0.242 e.